The fourth-order valence-electron chi connectivity index (χ4n) is 2.10. The van der Waals surface area contributed by atoms with Gasteiger partial charge >= 0.3 is 12.1 Å². The summed E-state index contributed by atoms with van der Waals surface area (Å²) in [7, 11) is 0. The number of nitrogens with two attached hydrogens (primary N) is 3. The summed E-state index contributed by atoms with van der Waals surface area (Å²) in [6, 6.07) is 6.78. The predicted molar refractivity (Wildman–Crippen MR) is 102 cm³/mol. The zero-order valence-corrected chi connectivity index (χ0v) is 15.3. The van der Waals surface area contributed by atoms with Gasteiger partial charge in [0.2, 0.25) is 5.91 Å². The highest BCUT2D eigenvalue weighted by molar-refractivity contribution is 5.87. The van der Waals surface area contributed by atoms with Gasteiger partial charge in [-0.25, -0.2) is 9.59 Å². The summed E-state index contributed by atoms with van der Waals surface area (Å²) in [5.74, 6) is -2.01. The first-order valence-electron chi connectivity index (χ1n) is 8.58. The molecular formula is C17H26N6O5. The van der Waals surface area contributed by atoms with Gasteiger partial charge in [-0.05, 0) is 18.4 Å². The van der Waals surface area contributed by atoms with Crippen molar-refractivity contribution in [3.05, 3.63) is 35.9 Å². The number of amides is 2. The molecule has 0 heterocycles. The molecule has 0 saturated carbocycles. The number of alkyl carbamates (subject to hydrolysis) is 1. The standard InChI is InChI=1S/C17H26N6O5/c18-12(9-22-17(27)28-10-11-5-2-1-3-6-11)14(24)23-13(15(25)26)7-4-8-21-16(19)20/h1-3,5-6,12-13H,4,7-10,18H2,(H,22,27)(H,23,24)(H,25,26)(H4,19,20,21)/t12-,13-/m0/s1. The third-order valence-electron chi connectivity index (χ3n) is 3.58. The summed E-state index contributed by atoms with van der Waals surface area (Å²) in [6.07, 6.45) is -0.259. The average Bonchev–Trinajstić information content (AvgIpc) is 2.66. The minimum Gasteiger partial charge on any atom is -0.480 e. The van der Waals surface area contributed by atoms with E-state index in [0.29, 0.717) is 6.42 Å². The van der Waals surface area contributed by atoms with Crippen LogP contribution in [0.25, 0.3) is 0 Å². The van der Waals surface area contributed by atoms with E-state index in [2.05, 4.69) is 15.6 Å². The molecule has 2 amide bonds. The number of nitrogens with zero attached hydrogens (tertiary/aromatic N) is 1. The Hall–Kier alpha value is -3.34. The highest BCUT2D eigenvalue weighted by Gasteiger charge is 2.23. The van der Waals surface area contributed by atoms with Crippen molar-refractivity contribution in [2.75, 3.05) is 13.1 Å². The van der Waals surface area contributed by atoms with Crippen LogP contribution in [0.4, 0.5) is 4.79 Å². The van der Waals surface area contributed by atoms with Crippen molar-refractivity contribution in [2.24, 2.45) is 22.2 Å². The van der Waals surface area contributed by atoms with Crippen molar-refractivity contribution in [2.45, 2.75) is 31.5 Å². The second-order valence-electron chi connectivity index (χ2n) is 5.90. The second kappa shape index (κ2) is 12.1. The van der Waals surface area contributed by atoms with Gasteiger partial charge in [-0.2, -0.15) is 0 Å². The first kappa shape index (κ1) is 22.7. The van der Waals surface area contributed by atoms with Crippen LogP contribution in [0.2, 0.25) is 0 Å². The maximum absolute atomic E-state index is 12.0. The third kappa shape index (κ3) is 9.38. The maximum atomic E-state index is 12.0. The number of hydrogen-bond acceptors (Lipinski definition) is 6. The van der Waals surface area contributed by atoms with Gasteiger partial charge in [-0.1, -0.05) is 30.3 Å². The lowest BCUT2D eigenvalue weighted by atomic mass is 10.1. The van der Waals surface area contributed by atoms with Gasteiger partial charge < -0.3 is 37.7 Å². The van der Waals surface area contributed by atoms with Crippen LogP contribution in [0.5, 0.6) is 0 Å². The number of hydrogen-bond donors (Lipinski definition) is 6. The summed E-state index contributed by atoms with van der Waals surface area (Å²) in [6.45, 7) is 0.105. The van der Waals surface area contributed by atoms with Crippen molar-refractivity contribution in [1.29, 1.82) is 0 Å². The van der Waals surface area contributed by atoms with Crippen LogP contribution in [0, 0.1) is 0 Å². The van der Waals surface area contributed by atoms with E-state index in [1.165, 1.54) is 0 Å². The number of guanidine groups is 1. The smallest absolute Gasteiger partial charge is 0.407 e. The van der Waals surface area contributed by atoms with E-state index in [-0.39, 0.29) is 32.1 Å². The molecule has 0 aliphatic carbocycles. The number of carboxylic acid groups (broad SMARTS) is 1. The fourth-order valence-corrected chi connectivity index (χ4v) is 2.10. The Kier molecular flexibility index (Phi) is 9.83. The van der Waals surface area contributed by atoms with E-state index in [0.717, 1.165) is 5.56 Å². The Labute approximate surface area is 162 Å². The summed E-state index contributed by atoms with van der Waals surface area (Å²) in [4.78, 5) is 38.7. The molecule has 0 fully saturated rings. The lowest BCUT2D eigenvalue weighted by Gasteiger charge is -2.18. The number of carbonyl (C=O) groups is 3. The number of benzene rings is 1. The van der Waals surface area contributed by atoms with E-state index >= 15 is 0 Å². The van der Waals surface area contributed by atoms with Gasteiger partial charge in [0, 0.05) is 13.1 Å². The molecule has 0 unspecified atom stereocenters. The highest BCUT2D eigenvalue weighted by Crippen LogP contribution is 2.01. The molecule has 0 spiro atoms. The Balaban J connectivity index is 2.35. The number of carboxylic acids is 1. The van der Waals surface area contributed by atoms with Gasteiger partial charge in [0.25, 0.3) is 0 Å². The SMILES string of the molecule is NC(N)=NCCC[C@H](NC(=O)[C@@H](N)CNC(=O)OCc1ccccc1)C(=O)O. The number of carbonyl (C=O) groups excluding carboxylic acids is 2. The van der Waals surface area contributed by atoms with Crippen molar-refractivity contribution < 1.29 is 24.2 Å². The minimum absolute atomic E-state index is 0.0744. The molecule has 9 N–H and O–H groups in total. The van der Waals surface area contributed by atoms with Crippen LogP contribution >= 0.6 is 0 Å². The van der Waals surface area contributed by atoms with Gasteiger partial charge in [0.05, 0.1) is 0 Å². The van der Waals surface area contributed by atoms with Crippen molar-refractivity contribution >= 4 is 23.9 Å². The van der Waals surface area contributed by atoms with Crippen molar-refractivity contribution in [3.63, 3.8) is 0 Å². The minimum atomic E-state index is -1.21. The molecule has 0 aromatic heterocycles. The Morgan fingerprint density at radius 3 is 2.46 bits per heavy atom. The molecule has 0 saturated heterocycles. The summed E-state index contributed by atoms with van der Waals surface area (Å²) < 4.78 is 5.00. The van der Waals surface area contributed by atoms with E-state index < -0.39 is 30.1 Å². The molecule has 1 aromatic carbocycles. The molecule has 154 valence electrons. The van der Waals surface area contributed by atoms with E-state index in [1.807, 2.05) is 18.2 Å². The number of nitrogens with one attached hydrogen (secondary N) is 2. The van der Waals surface area contributed by atoms with Crippen molar-refractivity contribution in [1.82, 2.24) is 10.6 Å². The molecule has 0 radical (unpaired) electrons. The number of aliphatic carboxylic acids is 1. The van der Waals surface area contributed by atoms with E-state index in [4.69, 9.17) is 21.9 Å². The van der Waals surface area contributed by atoms with Gasteiger partial charge in [0.15, 0.2) is 5.96 Å². The van der Waals surface area contributed by atoms with Crippen LogP contribution in [-0.4, -0.2) is 54.2 Å². The maximum Gasteiger partial charge on any atom is 0.407 e. The quantitative estimate of drug-likeness (QED) is 0.154. The lowest BCUT2D eigenvalue weighted by molar-refractivity contribution is -0.142. The normalized spacial score (nSPS) is 12.3. The topological polar surface area (TPSA) is 195 Å². The first-order valence-corrected chi connectivity index (χ1v) is 8.58. The van der Waals surface area contributed by atoms with Crippen LogP contribution < -0.4 is 27.8 Å². The van der Waals surface area contributed by atoms with Crippen LogP contribution in [0.15, 0.2) is 35.3 Å². The monoisotopic (exact) mass is 394 g/mol. The fraction of sp³-hybridized carbons (Fsp3) is 0.412. The first-order chi connectivity index (χ1) is 13.3. The molecule has 2 atom stereocenters. The number of aliphatic imine (C=N–C) groups is 1. The van der Waals surface area contributed by atoms with Gasteiger partial charge in [-0.15, -0.1) is 0 Å². The third-order valence-corrected chi connectivity index (χ3v) is 3.58. The molecule has 1 rings (SSSR count). The Morgan fingerprint density at radius 1 is 1.18 bits per heavy atom. The zero-order chi connectivity index (χ0) is 20.9. The Morgan fingerprint density at radius 2 is 1.86 bits per heavy atom. The number of ether oxygens (including phenoxy) is 1. The van der Waals surface area contributed by atoms with E-state index in [9.17, 15) is 19.5 Å². The molecule has 28 heavy (non-hydrogen) atoms. The summed E-state index contributed by atoms with van der Waals surface area (Å²) in [5, 5.41) is 13.9. The van der Waals surface area contributed by atoms with Crippen LogP contribution in [0.1, 0.15) is 18.4 Å². The van der Waals surface area contributed by atoms with Gasteiger partial charge in [0.1, 0.15) is 18.7 Å². The molecule has 11 heteroatoms. The zero-order valence-electron chi connectivity index (χ0n) is 15.3. The average molecular weight is 394 g/mol. The molecule has 0 bridgehead atoms. The second-order valence-corrected chi connectivity index (χ2v) is 5.90. The summed E-state index contributed by atoms with van der Waals surface area (Å²) in [5.41, 5.74) is 16.9. The highest BCUT2D eigenvalue weighted by atomic mass is 16.5. The van der Waals surface area contributed by atoms with Crippen molar-refractivity contribution in [3.8, 4) is 0 Å². The molecule has 1 aromatic rings. The molecule has 11 nitrogen and oxygen atoms in total. The lowest BCUT2D eigenvalue weighted by Crippen LogP contribution is -2.52. The van der Waals surface area contributed by atoms with Crippen LogP contribution in [-0.2, 0) is 20.9 Å². The van der Waals surface area contributed by atoms with Crippen LogP contribution in [0.3, 0.4) is 0 Å². The Bertz CT molecular complexity index is 678. The largest absolute Gasteiger partial charge is 0.480 e. The molecule has 0 aliphatic heterocycles. The molecule has 0 aliphatic rings. The predicted octanol–water partition coefficient (Wildman–Crippen LogP) is -1.14. The molecular weight excluding hydrogens is 368 g/mol. The van der Waals surface area contributed by atoms with Gasteiger partial charge in [-0.3, -0.25) is 9.79 Å². The summed E-state index contributed by atoms with van der Waals surface area (Å²) >= 11 is 0. The van der Waals surface area contributed by atoms with E-state index in [1.54, 1.807) is 12.1 Å². The number of rotatable bonds is 11.